The predicted molar refractivity (Wildman–Crippen MR) is 35.6 cm³/mol. The SMILES string of the molecule is [NH-]C=C[NH-].[NH-]C=C[NH-].[Ti+4]. The van der Waals surface area contributed by atoms with Crippen LogP contribution in [0.2, 0.25) is 0 Å². The van der Waals surface area contributed by atoms with E-state index >= 15 is 0 Å². The van der Waals surface area contributed by atoms with Crippen LogP contribution in [-0.4, -0.2) is 0 Å². The largest absolute Gasteiger partial charge is 4.00 e. The van der Waals surface area contributed by atoms with E-state index in [9.17, 15) is 0 Å². The van der Waals surface area contributed by atoms with Crippen LogP contribution in [0.5, 0.6) is 0 Å². The number of rotatable bonds is 0. The molecule has 4 nitrogen and oxygen atoms in total. The molecular formula is C4H8N4Ti. The average Bonchev–Trinajstić information content (AvgIpc) is 1.88. The van der Waals surface area contributed by atoms with Crippen LogP contribution in [0.15, 0.2) is 24.8 Å². The smallest absolute Gasteiger partial charge is 0.706 e. The van der Waals surface area contributed by atoms with Crippen LogP contribution >= 0.6 is 0 Å². The van der Waals surface area contributed by atoms with E-state index in [1.165, 1.54) is 0 Å². The van der Waals surface area contributed by atoms with E-state index in [4.69, 9.17) is 22.9 Å². The molecule has 0 aliphatic rings. The van der Waals surface area contributed by atoms with Gasteiger partial charge >= 0.3 is 21.7 Å². The maximum Gasteiger partial charge on any atom is 4.00 e. The molecule has 0 fully saturated rings. The van der Waals surface area contributed by atoms with Gasteiger partial charge in [-0.3, -0.25) is 0 Å². The fraction of sp³-hybridized carbons (Fsp3) is 0. The zero-order valence-corrected chi connectivity index (χ0v) is 6.37. The van der Waals surface area contributed by atoms with E-state index in [2.05, 4.69) is 0 Å². The van der Waals surface area contributed by atoms with Crippen LogP contribution in [0.4, 0.5) is 0 Å². The number of nitrogens with one attached hydrogen (secondary N) is 4. The Bertz CT molecular complexity index is 53.0. The predicted octanol–water partition coefficient (Wildman–Crippen LogP) is 3.12. The van der Waals surface area contributed by atoms with E-state index in [0.29, 0.717) is 0 Å². The topological polar surface area (TPSA) is 95.2 Å². The van der Waals surface area contributed by atoms with Crippen molar-refractivity contribution >= 4 is 0 Å². The standard InChI is InChI=1S/2C2H4N2.Ti/c2*3-1-2-4;/h2*1-4H;/q2*-2;+4. The summed E-state index contributed by atoms with van der Waals surface area (Å²) in [6, 6.07) is 0. The fourth-order valence-corrected chi connectivity index (χ4v) is 0. The van der Waals surface area contributed by atoms with Crippen LogP contribution in [0.25, 0.3) is 22.9 Å². The molecular weight excluding hydrogens is 152 g/mol. The molecule has 0 saturated carbocycles. The van der Waals surface area contributed by atoms with Crippen molar-refractivity contribution in [3.05, 3.63) is 47.7 Å². The Labute approximate surface area is 69.8 Å². The van der Waals surface area contributed by atoms with Crippen LogP contribution in [0.3, 0.4) is 0 Å². The molecule has 0 saturated heterocycles. The maximum atomic E-state index is 6.08. The molecule has 0 bridgehead atoms. The summed E-state index contributed by atoms with van der Waals surface area (Å²) in [6.45, 7) is 0. The van der Waals surface area contributed by atoms with Gasteiger partial charge in [0, 0.05) is 0 Å². The van der Waals surface area contributed by atoms with Gasteiger partial charge in [-0.05, 0) is 0 Å². The van der Waals surface area contributed by atoms with E-state index in [1.807, 2.05) is 0 Å². The Hall–Kier alpha value is -0.606. The van der Waals surface area contributed by atoms with Gasteiger partial charge in [-0.2, -0.15) is 0 Å². The van der Waals surface area contributed by atoms with Crippen molar-refractivity contribution in [3.63, 3.8) is 0 Å². The van der Waals surface area contributed by atoms with Gasteiger partial charge in [0.1, 0.15) is 0 Å². The molecule has 48 valence electrons. The molecule has 0 radical (unpaired) electrons. The van der Waals surface area contributed by atoms with E-state index < -0.39 is 0 Å². The molecule has 0 heterocycles. The summed E-state index contributed by atoms with van der Waals surface area (Å²) in [5.74, 6) is 0. The number of hydrogen-bond acceptors (Lipinski definition) is 0. The van der Waals surface area contributed by atoms with Crippen LogP contribution in [-0.2, 0) is 21.7 Å². The zero-order valence-electron chi connectivity index (χ0n) is 4.81. The third kappa shape index (κ3) is 111. The first kappa shape index (κ1) is 15.8. The number of hydrogen-bond donors (Lipinski definition) is 0. The molecule has 0 aromatic rings. The molecule has 0 aliphatic carbocycles. The van der Waals surface area contributed by atoms with Gasteiger partial charge in [0.25, 0.3) is 0 Å². The zero-order chi connectivity index (χ0) is 6.83. The summed E-state index contributed by atoms with van der Waals surface area (Å²) in [5.41, 5.74) is 24.3. The second-order valence-corrected chi connectivity index (χ2v) is 0.667. The third-order valence-corrected chi connectivity index (χ3v) is 0.167. The minimum Gasteiger partial charge on any atom is -0.706 e. The van der Waals surface area contributed by atoms with Gasteiger partial charge in [-0.25, -0.2) is 24.8 Å². The Morgan fingerprint density at radius 3 is 0.667 bits per heavy atom. The van der Waals surface area contributed by atoms with Crippen LogP contribution in [0, 0.1) is 0 Å². The molecule has 5 heteroatoms. The quantitative estimate of drug-likeness (QED) is 0.486. The first-order valence-corrected chi connectivity index (χ1v) is 1.82. The fourth-order valence-electron chi connectivity index (χ4n) is 0. The second-order valence-electron chi connectivity index (χ2n) is 0.667. The Morgan fingerprint density at radius 2 is 0.667 bits per heavy atom. The third-order valence-electron chi connectivity index (χ3n) is 0.167. The summed E-state index contributed by atoms with van der Waals surface area (Å²) in [6.07, 6.45) is 3.67. The van der Waals surface area contributed by atoms with Crippen molar-refractivity contribution < 1.29 is 21.7 Å². The first-order chi connectivity index (χ1) is 3.83. The average molecular weight is 160 g/mol. The van der Waals surface area contributed by atoms with Gasteiger partial charge in [0.15, 0.2) is 0 Å². The van der Waals surface area contributed by atoms with Crippen molar-refractivity contribution in [2.75, 3.05) is 0 Å². The summed E-state index contributed by atoms with van der Waals surface area (Å²) in [5, 5.41) is 0. The molecule has 0 unspecified atom stereocenters. The molecule has 0 aromatic heterocycles. The molecule has 4 N–H and O–H groups in total. The van der Waals surface area contributed by atoms with E-state index in [0.717, 1.165) is 24.8 Å². The van der Waals surface area contributed by atoms with Crippen molar-refractivity contribution in [3.8, 4) is 0 Å². The molecule has 0 aliphatic heterocycles. The Kier molecular flexibility index (Phi) is 46.0. The molecule has 0 spiro atoms. The molecule has 0 aromatic carbocycles. The van der Waals surface area contributed by atoms with Crippen molar-refractivity contribution in [2.24, 2.45) is 0 Å². The molecule has 0 rings (SSSR count). The van der Waals surface area contributed by atoms with Gasteiger partial charge in [0.05, 0.1) is 0 Å². The van der Waals surface area contributed by atoms with Crippen LogP contribution < -0.4 is 0 Å². The van der Waals surface area contributed by atoms with Gasteiger partial charge in [-0.1, -0.05) is 0 Å². The molecule has 9 heavy (non-hydrogen) atoms. The summed E-state index contributed by atoms with van der Waals surface area (Å²) < 4.78 is 0. The molecule has 0 amide bonds. The second kappa shape index (κ2) is 26.2. The first-order valence-electron chi connectivity index (χ1n) is 1.82. The monoisotopic (exact) mass is 160 g/mol. The van der Waals surface area contributed by atoms with Gasteiger partial charge < -0.3 is 22.9 Å². The van der Waals surface area contributed by atoms with E-state index in [-0.39, 0.29) is 21.7 Å². The minimum atomic E-state index is 0. The van der Waals surface area contributed by atoms with E-state index in [1.54, 1.807) is 0 Å². The summed E-state index contributed by atoms with van der Waals surface area (Å²) >= 11 is 0. The Balaban J connectivity index is -0.0000000720. The van der Waals surface area contributed by atoms with Gasteiger partial charge in [-0.15, -0.1) is 0 Å². The van der Waals surface area contributed by atoms with Crippen molar-refractivity contribution in [1.82, 2.24) is 0 Å². The maximum absolute atomic E-state index is 6.08. The minimum absolute atomic E-state index is 0. The van der Waals surface area contributed by atoms with Crippen molar-refractivity contribution in [2.45, 2.75) is 0 Å². The summed E-state index contributed by atoms with van der Waals surface area (Å²) in [7, 11) is 0. The normalized spacial score (nSPS) is 8.00. The van der Waals surface area contributed by atoms with Gasteiger partial charge in [0.2, 0.25) is 0 Å². The van der Waals surface area contributed by atoms with Crippen LogP contribution in [0.1, 0.15) is 0 Å². The summed E-state index contributed by atoms with van der Waals surface area (Å²) in [4.78, 5) is 0. The Morgan fingerprint density at radius 1 is 0.556 bits per heavy atom. The van der Waals surface area contributed by atoms with Crippen molar-refractivity contribution in [1.29, 1.82) is 0 Å². The molecule has 0 atom stereocenters.